The van der Waals surface area contributed by atoms with Crippen LogP contribution in [0.15, 0.2) is 24.4 Å². The molecule has 2 heterocycles. The summed E-state index contributed by atoms with van der Waals surface area (Å²) < 4.78 is 12.8. The molecule has 1 aliphatic rings. The summed E-state index contributed by atoms with van der Waals surface area (Å²) in [6.07, 6.45) is 3.80. The number of carbonyl (C=O) groups is 2. The Balaban J connectivity index is 1.52. The molecule has 4 N–H and O–H groups in total. The highest BCUT2D eigenvalue weighted by molar-refractivity contribution is 7.80. The van der Waals surface area contributed by atoms with Gasteiger partial charge >= 0.3 is 12.1 Å². The molecular weight excluding hydrogens is 470 g/mol. The predicted octanol–water partition coefficient (Wildman–Crippen LogP) is 2.15. The molecule has 1 aliphatic heterocycles. The van der Waals surface area contributed by atoms with E-state index in [4.69, 9.17) is 27.4 Å². The minimum absolute atomic E-state index is 0.0901. The van der Waals surface area contributed by atoms with Gasteiger partial charge in [-0.3, -0.25) is 0 Å². The molecule has 0 unspecified atom stereocenters. The van der Waals surface area contributed by atoms with Crippen LogP contribution in [-0.4, -0.2) is 75.4 Å². The molecule has 0 bridgehead atoms. The number of alkyl carbamates (subject to hydrolysis) is 1. The van der Waals surface area contributed by atoms with Crippen LogP contribution in [0.3, 0.4) is 0 Å². The van der Waals surface area contributed by atoms with Gasteiger partial charge in [0.1, 0.15) is 22.9 Å². The van der Waals surface area contributed by atoms with Crippen molar-refractivity contribution in [2.24, 2.45) is 5.73 Å². The van der Waals surface area contributed by atoms with Crippen LogP contribution in [-0.2, 0) is 11.2 Å². The third kappa shape index (κ3) is 8.09. The molecule has 3 amide bonds. The fraction of sp³-hybridized carbons (Fsp3) is 0.522. The number of benzene rings is 1. The zero-order valence-electron chi connectivity index (χ0n) is 20.4. The molecule has 0 aliphatic carbocycles. The Labute approximate surface area is 210 Å². The zero-order valence-corrected chi connectivity index (χ0v) is 21.2. The molecule has 1 aromatic heterocycles. The molecule has 0 spiro atoms. The number of rotatable bonds is 11. The quantitative estimate of drug-likeness (QED) is 0.313. The first-order valence-corrected chi connectivity index (χ1v) is 12.0. The Morgan fingerprint density at radius 1 is 1.31 bits per heavy atom. The number of urea groups is 1. The van der Waals surface area contributed by atoms with Crippen molar-refractivity contribution in [1.82, 2.24) is 30.5 Å². The molecule has 1 fully saturated rings. The monoisotopic (exact) mass is 503 g/mol. The summed E-state index contributed by atoms with van der Waals surface area (Å²) >= 11 is 5.16. The number of thiocarbonyl (C=S) groups is 1. The first-order chi connectivity index (χ1) is 16.6. The van der Waals surface area contributed by atoms with Crippen LogP contribution in [0.25, 0.3) is 5.69 Å². The van der Waals surface area contributed by atoms with Crippen molar-refractivity contribution >= 4 is 29.3 Å². The summed E-state index contributed by atoms with van der Waals surface area (Å²) in [5.74, 6) is 0.528. The van der Waals surface area contributed by atoms with Crippen molar-refractivity contribution in [3.63, 3.8) is 0 Å². The number of carbonyl (C=O) groups excluding carboxylic acids is 2. The van der Waals surface area contributed by atoms with Crippen LogP contribution in [0.2, 0.25) is 0 Å². The maximum absolute atomic E-state index is 11.7. The SMILES string of the molecule is CC(C)(C)OC(=O)NCCCCc1cn(-c2ccc(C(N)=S)c(OCCN3CCNC3=O)c2)nn1. The van der Waals surface area contributed by atoms with Crippen molar-refractivity contribution in [1.29, 1.82) is 0 Å². The number of aryl methyl sites for hydroxylation is 1. The van der Waals surface area contributed by atoms with Crippen molar-refractivity contribution in [3.05, 3.63) is 35.7 Å². The second-order valence-corrected chi connectivity index (χ2v) is 9.59. The van der Waals surface area contributed by atoms with E-state index in [-0.39, 0.29) is 11.0 Å². The average molecular weight is 504 g/mol. The molecule has 1 saturated heterocycles. The lowest BCUT2D eigenvalue weighted by atomic mass is 10.1. The van der Waals surface area contributed by atoms with Crippen molar-refractivity contribution < 1.29 is 19.1 Å². The van der Waals surface area contributed by atoms with E-state index in [2.05, 4.69) is 20.9 Å². The van der Waals surface area contributed by atoms with Crippen molar-refractivity contribution in [2.75, 3.05) is 32.8 Å². The lowest BCUT2D eigenvalue weighted by Crippen LogP contribution is -2.33. The predicted molar refractivity (Wildman–Crippen MR) is 135 cm³/mol. The average Bonchev–Trinajstić information content (AvgIpc) is 3.41. The van der Waals surface area contributed by atoms with E-state index in [1.807, 2.05) is 39.1 Å². The standard InChI is InChI=1S/C23H33N7O4S/c1-23(2,3)34-22(32)26-9-5-4-6-16-15-30(28-27-16)17-7-8-18(20(24)35)19(14-17)33-13-12-29-11-10-25-21(29)31/h7-8,14-15H,4-6,9-13H2,1-3H3,(H2,24,35)(H,25,31)(H,26,32). The molecule has 1 aromatic carbocycles. The summed E-state index contributed by atoms with van der Waals surface area (Å²) in [6, 6.07) is 5.35. The Morgan fingerprint density at radius 2 is 2.11 bits per heavy atom. The molecular formula is C23H33N7O4S. The van der Waals surface area contributed by atoms with Crippen molar-refractivity contribution in [2.45, 2.75) is 45.6 Å². The van der Waals surface area contributed by atoms with Gasteiger partial charge in [-0.2, -0.15) is 0 Å². The Bertz CT molecular complexity index is 1050. The van der Waals surface area contributed by atoms with E-state index in [9.17, 15) is 9.59 Å². The van der Waals surface area contributed by atoms with Gasteiger partial charge in [-0.25, -0.2) is 14.3 Å². The van der Waals surface area contributed by atoms with Gasteiger partial charge in [-0.15, -0.1) is 5.10 Å². The number of hydrogen-bond donors (Lipinski definition) is 3. The van der Waals surface area contributed by atoms with Gasteiger partial charge in [0.25, 0.3) is 0 Å². The minimum Gasteiger partial charge on any atom is -0.491 e. The Hall–Kier alpha value is -3.41. The highest BCUT2D eigenvalue weighted by Gasteiger charge is 2.19. The molecule has 0 radical (unpaired) electrons. The molecule has 0 atom stereocenters. The number of amides is 3. The Kier molecular flexibility index (Phi) is 8.85. The van der Waals surface area contributed by atoms with E-state index >= 15 is 0 Å². The summed E-state index contributed by atoms with van der Waals surface area (Å²) in [7, 11) is 0. The number of nitrogens with zero attached hydrogens (tertiary/aromatic N) is 4. The van der Waals surface area contributed by atoms with Crippen molar-refractivity contribution in [3.8, 4) is 11.4 Å². The van der Waals surface area contributed by atoms with Crippen LogP contribution in [0.1, 0.15) is 44.9 Å². The van der Waals surface area contributed by atoms with Gasteiger partial charge in [0.05, 0.1) is 29.7 Å². The second kappa shape index (κ2) is 11.8. The number of ether oxygens (including phenoxy) is 2. The topological polar surface area (TPSA) is 137 Å². The molecule has 2 aromatic rings. The number of nitrogens with two attached hydrogens (primary N) is 1. The van der Waals surface area contributed by atoms with Crippen LogP contribution < -0.4 is 21.1 Å². The first kappa shape index (κ1) is 26.2. The molecule has 3 rings (SSSR count). The maximum Gasteiger partial charge on any atom is 0.407 e. The molecule has 0 saturated carbocycles. The van der Waals surface area contributed by atoms with Crippen LogP contribution in [0, 0.1) is 0 Å². The van der Waals surface area contributed by atoms with Gasteiger partial charge in [-0.1, -0.05) is 17.4 Å². The normalized spacial score (nSPS) is 13.5. The first-order valence-electron chi connectivity index (χ1n) is 11.6. The fourth-order valence-electron chi connectivity index (χ4n) is 3.44. The van der Waals surface area contributed by atoms with Gasteiger partial charge in [0.2, 0.25) is 0 Å². The molecule has 190 valence electrons. The van der Waals surface area contributed by atoms with Gasteiger partial charge in [0.15, 0.2) is 0 Å². The van der Waals surface area contributed by atoms with E-state index in [1.54, 1.807) is 15.6 Å². The lowest BCUT2D eigenvalue weighted by Gasteiger charge is -2.19. The van der Waals surface area contributed by atoms with Crippen LogP contribution in [0.4, 0.5) is 9.59 Å². The zero-order chi connectivity index (χ0) is 25.4. The van der Waals surface area contributed by atoms with Gasteiger partial charge < -0.3 is 30.7 Å². The highest BCUT2D eigenvalue weighted by atomic mass is 32.1. The largest absolute Gasteiger partial charge is 0.491 e. The third-order valence-electron chi connectivity index (χ3n) is 5.13. The Morgan fingerprint density at radius 3 is 2.80 bits per heavy atom. The smallest absolute Gasteiger partial charge is 0.407 e. The minimum atomic E-state index is -0.509. The summed E-state index contributed by atoms with van der Waals surface area (Å²) in [4.78, 5) is 25.3. The maximum atomic E-state index is 11.7. The number of aromatic nitrogens is 3. The van der Waals surface area contributed by atoms with Gasteiger partial charge in [-0.05, 0) is 52.2 Å². The van der Waals surface area contributed by atoms with E-state index < -0.39 is 11.7 Å². The fourth-order valence-corrected chi connectivity index (χ4v) is 3.61. The second-order valence-electron chi connectivity index (χ2n) is 9.15. The molecule has 12 heteroatoms. The highest BCUT2D eigenvalue weighted by Crippen LogP contribution is 2.23. The number of nitrogens with one attached hydrogen (secondary N) is 2. The molecule has 11 nitrogen and oxygen atoms in total. The summed E-state index contributed by atoms with van der Waals surface area (Å²) in [5.41, 5.74) is 7.56. The van der Waals surface area contributed by atoms with Crippen LogP contribution in [0.5, 0.6) is 5.75 Å². The van der Waals surface area contributed by atoms with E-state index in [1.165, 1.54) is 0 Å². The third-order valence-corrected chi connectivity index (χ3v) is 5.35. The van der Waals surface area contributed by atoms with E-state index in [0.717, 1.165) is 30.6 Å². The number of hydrogen-bond acceptors (Lipinski definition) is 7. The number of unbranched alkanes of at least 4 members (excludes halogenated alkanes) is 1. The van der Waals surface area contributed by atoms with Gasteiger partial charge in [0, 0.05) is 25.7 Å². The van der Waals surface area contributed by atoms with Crippen LogP contribution >= 0.6 is 12.2 Å². The van der Waals surface area contributed by atoms with E-state index in [0.29, 0.717) is 44.1 Å². The lowest BCUT2D eigenvalue weighted by molar-refractivity contribution is 0.0527. The summed E-state index contributed by atoms with van der Waals surface area (Å²) in [5, 5.41) is 14.0. The summed E-state index contributed by atoms with van der Waals surface area (Å²) in [6.45, 7) is 8.09. The molecule has 35 heavy (non-hydrogen) atoms.